The lowest BCUT2D eigenvalue weighted by Crippen LogP contribution is -2.11. The molecule has 0 saturated heterocycles. The van der Waals surface area contributed by atoms with Gasteiger partial charge < -0.3 is 25.3 Å². The second kappa shape index (κ2) is 7.39. The first-order valence-electron chi connectivity index (χ1n) is 7.06. The molecule has 0 radical (unpaired) electrons. The number of nitro benzene ring substituents is 1. The zero-order chi connectivity index (χ0) is 18.6. The van der Waals surface area contributed by atoms with Crippen LogP contribution in [0, 0.1) is 10.1 Å². The number of primary amides is 1. The molecule has 0 saturated carbocycles. The number of anilines is 2. The minimum Gasteiger partial charge on any atom is -0.493 e. The number of amides is 1. The quantitative estimate of drug-likeness (QED) is 0.582. The predicted molar refractivity (Wildman–Crippen MR) is 91.0 cm³/mol. The molecule has 0 unspecified atom stereocenters. The van der Waals surface area contributed by atoms with Crippen LogP contribution >= 0.6 is 0 Å². The van der Waals surface area contributed by atoms with Crippen molar-refractivity contribution < 1.29 is 23.9 Å². The lowest BCUT2D eigenvalue weighted by Gasteiger charge is -2.15. The monoisotopic (exact) mass is 347 g/mol. The van der Waals surface area contributed by atoms with Crippen LogP contribution in [0.2, 0.25) is 0 Å². The summed E-state index contributed by atoms with van der Waals surface area (Å²) >= 11 is 0. The van der Waals surface area contributed by atoms with Gasteiger partial charge in [-0.05, 0) is 12.1 Å². The number of rotatable bonds is 7. The van der Waals surface area contributed by atoms with Crippen molar-refractivity contribution in [2.45, 2.75) is 0 Å². The standard InChI is InChI=1S/C16H17N3O6/c1-23-13-7-10(8-14(24-2)15(13)25-3)18-11-5-4-9(16(17)20)6-12(11)19(21)22/h4-8,18H,1-3H3,(H2,17,20). The third-order valence-electron chi connectivity index (χ3n) is 3.42. The Labute approximate surface area is 143 Å². The lowest BCUT2D eigenvalue weighted by atomic mass is 10.1. The van der Waals surface area contributed by atoms with Crippen LogP contribution in [-0.4, -0.2) is 32.2 Å². The molecular formula is C16H17N3O6. The van der Waals surface area contributed by atoms with Crippen LogP contribution in [0.4, 0.5) is 17.1 Å². The Hall–Kier alpha value is -3.49. The highest BCUT2D eigenvalue weighted by atomic mass is 16.6. The van der Waals surface area contributed by atoms with Crippen molar-refractivity contribution in [3.63, 3.8) is 0 Å². The summed E-state index contributed by atoms with van der Waals surface area (Å²) in [5.41, 5.74) is 5.58. The Bertz CT molecular complexity index is 797. The fourth-order valence-electron chi connectivity index (χ4n) is 2.25. The number of carbonyl (C=O) groups is 1. The number of nitro groups is 1. The number of hydrogen-bond acceptors (Lipinski definition) is 7. The Balaban J connectivity index is 2.49. The third-order valence-corrected chi connectivity index (χ3v) is 3.42. The topological polar surface area (TPSA) is 126 Å². The van der Waals surface area contributed by atoms with Crippen LogP contribution in [0.5, 0.6) is 17.2 Å². The first-order chi connectivity index (χ1) is 11.9. The number of ether oxygens (including phenoxy) is 3. The molecule has 0 aliphatic heterocycles. The van der Waals surface area contributed by atoms with Gasteiger partial charge in [-0.1, -0.05) is 0 Å². The van der Waals surface area contributed by atoms with Crippen molar-refractivity contribution in [3.05, 3.63) is 46.0 Å². The smallest absolute Gasteiger partial charge is 0.293 e. The average Bonchev–Trinajstić information content (AvgIpc) is 2.60. The van der Waals surface area contributed by atoms with Crippen LogP contribution in [0.3, 0.4) is 0 Å². The van der Waals surface area contributed by atoms with Crippen molar-refractivity contribution >= 4 is 23.0 Å². The summed E-state index contributed by atoms with van der Waals surface area (Å²) in [6, 6.07) is 7.12. The summed E-state index contributed by atoms with van der Waals surface area (Å²) in [6.07, 6.45) is 0. The van der Waals surface area contributed by atoms with E-state index in [1.807, 2.05) is 0 Å². The van der Waals surface area contributed by atoms with E-state index in [0.717, 1.165) is 6.07 Å². The van der Waals surface area contributed by atoms with Gasteiger partial charge in [-0.15, -0.1) is 0 Å². The molecule has 0 aliphatic rings. The lowest BCUT2D eigenvalue weighted by molar-refractivity contribution is -0.383. The van der Waals surface area contributed by atoms with E-state index in [2.05, 4.69) is 5.32 Å². The van der Waals surface area contributed by atoms with Gasteiger partial charge in [0, 0.05) is 29.4 Å². The molecule has 2 rings (SSSR count). The van der Waals surface area contributed by atoms with Gasteiger partial charge >= 0.3 is 0 Å². The van der Waals surface area contributed by atoms with Gasteiger partial charge in [-0.2, -0.15) is 0 Å². The minimum absolute atomic E-state index is 0.0437. The summed E-state index contributed by atoms with van der Waals surface area (Å²) in [7, 11) is 4.40. The van der Waals surface area contributed by atoms with Gasteiger partial charge in [-0.25, -0.2) is 0 Å². The van der Waals surface area contributed by atoms with E-state index < -0.39 is 10.8 Å². The van der Waals surface area contributed by atoms with Crippen molar-refractivity contribution in [2.75, 3.05) is 26.6 Å². The zero-order valence-electron chi connectivity index (χ0n) is 13.9. The normalized spacial score (nSPS) is 10.0. The highest BCUT2D eigenvalue weighted by Crippen LogP contribution is 2.41. The maximum atomic E-state index is 11.3. The van der Waals surface area contributed by atoms with Crippen LogP contribution < -0.4 is 25.3 Å². The molecule has 9 nitrogen and oxygen atoms in total. The molecule has 132 valence electrons. The van der Waals surface area contributed by atoms with Crippen molar-refractivity contribution in [1.29, 1.82) is 0 Å². The SMILES string of the molecule is COc1cc(Nc2ccc(C(N)=O)cc2[N+](=O)[O-])cc(OC)c1OC. The summed E-state index contributed by atoms with van der Waals surface area (Å²) in [5.74, 6) is 0.429. The molecular weight excluding hydrogens is 330 g/mol. The van der Waals surface area contributed by atoms with Gasteiger partial charge in [0.05, 0.1) is 26.3 Å². The molecule has 0 fully saturated rings. The van der Waals surface area contributed by atoms with E-state index in [0.29, 0.717) is 22.9 Å². The number of methoxy groups -OCH3 is 3. The molecule has 25 heavy (non-hydrogen) atoms. The van der Waals surface area contributed by atoms with Crippen LogP contribution in [0.25, 0.3) is 0 Å². The second-order valence-electron chi connectivity index (χ2n) is 4.89. The predicted octanol–water partition coefficient (Wildman–Crippen LogP) is 2.46. The summed E-state index contributed by atoms with van der Waals surface area (Å²) in [4.78, 5) is 21.9. The number of nitrogens with one attached hydrogen (secondary N) is 1. The molecule has 0 heterocycles. The van der Waals surface area contributed by atoms with Crippen LogP contribution in [-0.2, 0) is 0 Å². The van der Waals surface area contributed by atoms with E-state index in [1.54, 1.807) is 12.1 Å². The summed E-state index contributed by atoms with van der Waals surface area (Å²) < 4.78 is 15.7. The number of hydrogen-bond donors (Lipinski definition) is 2. The first kappa shape index (κ1) is 17.9. The van der Waals surface area contributed by atoms with Gasteiger partial charge in [0.2, 0.25) is 11.7 Å². The average molecular weight is 347 g/mol. The van der Waals surface area contributed by atoms with Gasteiger partial charge in [-0.3, -0.25) is 14.9 Å². The number of nitrogens with zero attached hydrogens (tertiary/aromatic N) is 1. The Morgan fingerprint density at radius 1 is 1.08 bits per heavy atom. The highest BCUT2D eigenvalue weighted by Gasteiger charge is 2.19. The molecule has 0 atom stereocenters. The zero-order valence-corrected chi connectivity index (χ0v) is 13.9. The van der Waals surface area contributed by atoms with Crippen molar-refractivity contribution in [2.24, 2.45) is 5.73 Å². The Morgan fingerprint density at radius 3 is 2.12 bits per heavy atom. The maximum absolute atomic E-state index is 11.3. The van der Waals surface area contributed by atoms with Gasteiger partial charge in [0.1, 0.15) is 5.69 Å². The van der Waals surface area contributed by atoms with E-state index in [4.69, 9.17) is 19.9 Å². The third kappa shape index (κ3) is 3.71. The molecule has 0 bridgehead atoms. The van der Waals surface area contributed by atoms with Gasteiger partial charge in [0.15, 0.2) is 11.5 Å². The van der Waals surface area contributed by atoms with E-state index in [9.17, 15) is 14.9 Å². The fraction of sp³-hybridized carbons (Fsp3) is 0.188. The van der Waals surface area contributed by atoms with Crippen LogP contribution in [0.15, 0.2) is 30.3 Å². The molecule has 0 spiro atoms. The molecule has 9 heteroatoms. The number of nitrogens with two attached hydrogens (primary N) is 1. The Morgan fingerprint density at radius 2 is 1.68 bits per heavy atom. The fourth-order valence-corrected chi connectivity index (χ4v) is 2.25. The Kier molecular flexibility index (Phi) is 5.28. The molecule has 3 N–H and O–H groups in total. The minimum atomic E-state index is -0.748. The highest BCUT2D eigenvalue weighted by molar-refractivity contribution is 5.94. The molecule has 0 aliphatic carbocycles. The molecule has 2 aromatic carbocycles. The molecule has 2 aromatic rings. The van der Waals surface area contributed by atoms with E-state index >= 15 is 0 Å². The molecule has 0 aromatic heterocycles. The summed E-state index contributed by atoms with van der Waals surface area (Å²) in [5, 5.41) is 14.2. The van der Waals surface area contributed by atoms with E-state index in [1.165, 1.54) is 33.5 Å². The summed E-state index contributed by atoms with van der Waals surface area (Å²) in [6.45, 7) is 0. The van der Waals surface area contributed by atoms with E-state index in [-0.39, 0.29) is 16.9 Å². The van der Waals surface area contributed by atoms with Crippen molar-refractivity contribution in [1.82, 2.24) is 0 Å². The largest absolute Gasteiger partial charge is 0.493 e. The van der Waals surface area contributed by atoms with Gasteiger partial charge in [0.25, 0.3) is 5.69 Å². The first-order valence-corrected chi connectivity index (χ1v) is 7.06. The second-order valence-corrected chi connectivity index (χ2v) is 4.89. The number of benzene rings is 2. The maximum Gasteiger partial charge on any atom is 0.293 e. The molecule has 1 amide bonds. The van der Waals surface area contributed by atoms with Crippen molar-refractivity contribution in [3.8, 4) is 17.2 Å². The number of carbonyl (C=O) groups excluding carboxylic acids is 1. The van der Waals surface area contributed by atoms with Crippen LogP contribution in [0.1, 0.15) is 10.4 Å².